The number of hydrogen-bond acceptors (Lipinski definition) is 4. The molecule has 0 unspecified atom stereocenters. The third kappa shape index (κ3) is 5.48. The minimum atomic E-state index is -3.77. The quantitative estimate of drug-likeness (QED) is 0.754. The Kier molecular flexibility index (Phi) is 6.44. The number of nitrogens with one attached hydrogen (secondary N) is 2. The Bertz CT molecular complexity index is 983. The van der Waals surface area contributed by atoms with Gasteiger partial charge < -0.3 is 10.2 Å². The Morgan fingerprint density at radius 2 is 1.59 bits per heavy atom. The molecule has 29 heavy (non-hydrogen) atoms. The summed E-state index contributed by atoms with van der Waals surface area (Å²) in [6.45, 7) is 2.57. The number of anilines is 1. The summed E-state index contributed by atoms with van der Waals surface area (Å²) in [5.74, 6) is -0.223. The number of nitrogens with zero attached hydrogens (tertiary/aromatic N) is 1. The van der Waals surface area contributed by atoms with Gasteiger partial charge in [0.05, 0.1) is 4.90 Å². The largest absolute Gasteiger partial charge is 0.353 e. The molecule has 3 rings (SSSR count). The van der Waals surface area contributed by atoms with Crippen LogP contribution in [0.1, 0.15) is 30.1 Å². The van der Waals surface area contributed by atoms with Gasteiger partial charge in [-0.25, -0.2) is 8.42 Å². The molecule has 2 aromatic rings. The molecule has 0 saturated carbocycles. The van der Waals surface area contributed by atoms with Gasteiger partial charge in [-0.1, -0.05) is 11.6 Å². The zero-order valence-electron chi connectivity index (χ0n) is 15.9. The van der Waals surface area contributed by atoms with Crippen molar-refractivity contribution in [2.45, 2.75) is 30.7 Å². The number of carbonyl (C=O) groups is 2. The monoisotopic (exact) mass is 435 g/mol. The van der Waals surface area contributed by atoms with Crippen molar-refractivity contribution >= 4 is 39.1 Å². The van der Waals surface area contributed by atoms with Gasteiger partial charge in [0.1, 0.15) is 0 Å². The molecule has 0 bridgehead atoms. The maximum absolute atomic E-state index is 12.7. The van der Waals surface area contributed by atoms with Crippen LogP contribution in [0, 0.1) is 0 Å². The van der Waals surface area contributed by atoms with Crippen molar-refractivity contribution in [3.8, 4) is 0 Å². The number of sulfonamides is 1. The lowest BCUT2D eigenvalue weighted by Crippen LogP contribution is -2.46. The first kappa shape index (κ1) is 21.1. The number of piperidine rings is 1. The first-order chi connectivity index (χ1) is 13.7. The van der Waals surface area contributed by atoms with Crippen LogP contribution in [-0.2, 0) is 14.8 Å². The summed E-state index contributed by atoms with van der Waals surface area (Å²) >= 11 is 5.81. The molecule has 1 aliphatic rings. The number of likely N-dealkylation sites (tertiary alicyclic amines) is 1. The SMILES string of the molecule is CC(=O)NC1CCN(C(=O)c2ccc(S(=O)(=O)Nc3ccc(Cl)cc3)cc2)CC1. The van der Waals surface area contributed by atoms with Gasteiger partial charge in [0.2, 0.25) is 5.91 Å². The molecule has 2 N–H and O–H groups in total. The van der Waals surface area contributed by atoms with Crippen LogP contribution < -0.4 is 10.0 Å². The van der Waals surface area contributed by atoms with Crippen LogP contribution in [0.25, 0.3) is 0 Å². The molecule has 1 saturated heterocycles. The van der Waals surface area contributed by atoms with Gasteiger partial charge in [0, 0.05) is 42.3 Å². The molecule has 0 aliphatic carbocycles. The predicted molar refractivity (Wildman–Crippen MR) is 111 cm³/mol. The topological polar surface area (TPSA) is 95.6 Å². The highest BCUT2D eigenvalue weighted by Gasteiger charge is 2.24. The van der Waals surface area contributed by atoms with E-state index in [-0.39, 0.29) is 22.8 Å². The summed E-state index contributed by atoms with van der Waals surface area (Å²) in [4.78, 5) is 25.6. The number of amides is 2. The first-order valence-electron chi connectivity index (χ1n) is 9.19. The average Bonchev–Trinajstić information content (AvgIpc) is 2.69. The van der Waals surface area contributed by atoms with Crippen molar-refractivity contribution < 1.29 is 18.0 Å². The van der Waals surface area contributed by atoms with Crippen molar-refractivity contribution in [2.75, 3.05) is 17.8 Å². The van der Waals surface area contributed by atoms with Gasteiger partial charge in [-0.15, -0.1) is 0 Å². The highest BCUT2D eigenvalue weighted by atomic mass is 35.5. The van der Waals surface area contributed by atoms with Gasteiger partial charge in [-0.3, -0.25) is 14.3 Å². The number of halogens is 1. The second kappa shape index (κ2) is 8.84. The molecule has 154 valence electrons. The summed E-state index contributed by atoms with van der Waals surface area (Å²) in [7, 11) is -3.77. The second-order valence-electron chi connectivity index (χ2n) is 6.90. The van der Waals surface area contributed by atoms with Gasteiger partial charge in [0.25, 0.3) is 15.9 Å². The summed E-state index contributed by atoms with van der Waals surface area (Å²) in [6.07, 6.45) is 1.39. The molecule has 0 spiro atoms. The molecule has 2 aromatic carbocycles. The van der Waals surface area contributed by atoms with E-state index in [1.807, 2.05) is 0 Å². The van der Waals surface area contributed by atoms with E-state index in [1.54, 1.807) is 29.2 Å². The minimum Gasteiger partial charge on any atom is -0.353 e. The van der Waals surface area contributed by atoms with Gasteiger partial charge >= 0.3 is 0 Å². The Morgan fingerprint density at radius 1 is 1.00 bits per heavy atom. The summed E-state index contributed by atoms with van der Waals surface area (Å²) < 4.78 is 27.5. The van der Waals surface area contributed by atoms with Gasteiger partial charge in [-0.05, 0) is 61.4 Å². The van der Waals surface area contributed by atoms with Crippen molar-refractivity contribution in [1.29, 1.82) is 0 Å². The summed E-state index contributed by atoms with van der Waals surface area (Å²) in [6, 6.07) is 12.3. The molecule has 7 nitrogen and oxygen atoms in total. The van der Waals surface area contributed by atoms with Crippen LogP contribution in [0.2, 0.25) is 5.02 Å². The first-order valence-corrected chi connectivity index (χ1v) is 11.1. The van der Waals surface area contributed by atoms with E-state index in [2.05, 4.69) is 10.0 Å². The molecule has 2 amide bonds. The van der Waals surface area contributed by atoms with Crippen LogP contribution in [0.4, 0.5) is 5.69 Å². The Balaban J connectivity index is 1.64. The maximum atomic E-state index is 12.7. The highest BCUT2D eigenvalue weighted by Crippen LogP contribution is 2.20. The average molecular weight is 436 g/mol. The van der Waals surface area contributed by atoms with Crippen LogP contribution >= 0.6 is 11.6 Å². The highest BCUT2D eigenvalue weighted by molar-refractivity contribution is 7.92. The Morgan fingerprint density at radius 3 is 2.14 bits per heavy atom. The standard InChI is InChI=1S/C20H22ClN3O4S/c1-14(25)22-17-10-12-24(13-11-17)20(26)15-2-8-19(9-3-15)29(27,28)23-18-6-4-16(21)5-7-18/h2-9,17,23H,10-13H2,1H3,(H,22,25). The van der Waals surface area contributed by atoms with Crippen LogP contribution in [-0.4, -0.2) is 44.3 Å². The molecule has 9 heteroatoms. The lowest BCUT2D eigenvalue weighted by molar-refractivity contribution is -0.119. The fourth-order valence-electron chi connectivity index (χ4n) is 3.21. The zero-order chi connectivity index (χ0) is 21.0. The smallest absolute Gasteiger partial charge is 0.261 e. The van der Waals surface area contributed by atoms with E-state index in [4.69, 9.17) is 11.6 Å². The molecular formula is C20H22ClN3O4S. The van der Waals surface area contributed by atoms with Crippen LogP contribution in [0.15, 0.2) is 53.4 Å². The van der Waals surface area contributed by atoms with E-state index in [1.165, 1.54) is 31.2 Å². The Labute approximate surface area is 175 Å². The molecular weight excluding hydrogens is 414 g/mol. The summed E-state index contributed by atoms with van der Waals surface area (Å²) in [5.41, 5.74) is 0.824. The molecule has 0 atom stereocenters. The second-order valence-corrected chi connectivity index (χ2v) is 9.02. The fraction of sp³-hybridized carbons (Fsp3) is 0.300. The molecule has 1 fully saturated rings. The number of carbonyl (C=O) groups excluding carboxylic acids is 2. The summed E-state index contributed by atoms with van der Waals surface area (Å²) in [5, 5.41) is 3.38. The van der Waals surface area contributed by atoms with Gasteiger partial charge in [0.15, 0.2) is 0 Å². The van der Waals surface area contributed by atoms with Crippen LogP contribution in [0.5, 0.6) is 0 Å². The van der Waals surface area contributed by atoms with E-state index >= 15 is 0 Å². The fourth-order valence-corrected chi connectivity index (χ4v) is 4.39. The molecule has 0 radical (unpaired) electrons. The normalized spacial score (nSPS) is 15.0. The van der Waals surface area contributed by atoms with Crippen molar-refractivity contribution in [2.24, 2.45) is 0 Å². The third-order valence-corrected chi connectivity index (χ3v) is 6.35. The van der Waals surface area contributed by atoms with E-state index < -0.39 is 10.0 Å². The van der Waals surface area contributed by atoms with E-state index in [9.17, 15) is 18.0 Å². The lowest BCUT2D eigenvalue weighted by atomic mass is 10.0. The van der Waals surface area contributed by atoms with Crippen molar-refractivity contribution in [3.05, 3.63) is 59.1 Å². The minimum absolute atomic E-state index is 0.0633. The van der Waals surface area contributed by atoms with Crippen molar-refractivity contribution in [1.82, 2.24) is 10.2 Å². The van der Waals surface area contributed by atoms with E-state index in [0.717, 1.165) is 0 Å². The Hall–Kier alpha value is -2.58. The number of hydrogen-bond donors (Lipinski definition) is 2. The predicted octanol–water partition coefficient (Wildman–Crippen LogP) is 2.88. The van der Waals surface area contributed by atoms with Crippen LogP contribution in [0.3, 0.4) is 0 Å². The molecule has 1 heterocycles. The maximum Gasteiger partial charge on any atom is 0.261 e. The number of benzene rings is 2. The molecule has 0 aromatic heterocycles. The van der Waals surface area contributed by atoms with E-state index in [0.29, 0.717) is 42.2 Å². The zero-order valence-corrected chi connectivity index (χ0v) is 17.5. The van der Waals surface area contributed by atoms with Crippen molar-refractivity contribution in [3.63, 3.8) is 0 Å². The third-order valence-electron chi connectivity index (χ3n) is 4.70. The van der Waals surface area contributed by atoms with Gasteiger partial charge in [-0.2, -0.15) is 0 Å². The molecule has 1 aliphatic heterocycles. The number of rotatable bonds is 5. The lowest BCUT2D eigenvalue weighted by Gasteiger charge is -2.32.